The zero-order chi connectivity index (χ0) is 13.2. The largest absolute Gasteiger partial charge is 0.360 e. The summed E-state index contributed by atoms with van der Waals surface area (Å²) in [6.07, 6.45) is 2.01. The van der Waals surface area contributed by atoms with Gasteiger partial charge in [-0.1, -0.05) is 18.2 Å². The summed E-state index contributed by atoms with van der Waals surface area (Å²) in [5.41, 5.74) is 4.21. The number of aryl methyl sites for hydroxylation is 1. The molecule has 2 N–H and O–H groups in total. The highest BCUT2D eigenvalue weighted by Crippen LogP contribution is 2.27. The number of fused-ring (bicyclic) bond motifs is 1. The molecule has 0 unspecified atom stereocenters. The SMILES string of the molecule is CNCc1nc(C)cc(-c2c[nH]c3ccccc23)n1. The van der Waals surface area contributed by atoms with Crippen LogP contribution in [0, 0.1) is 6.92 Å². The van der Waals surface area contributed by atoms with E-state index in [1.807, 2.05) is 38.4 Å². The van der Waals surface area contributed by atoms with Gasteiger partial charge >= 0.3 is 0 Å². The van der Waals surface area contributed by atoms with Gasteiger partial charge in [-0.05, 0) is 26.1 Å². The summed E-state index contributed by atoms with van der Waals surface area (Å²) in [7, 11) is 1.90. The Balaban J connectivity index is 2.15. The highest BCUT2D eigenvalue weighted by atomic mass is 15.0. The first-order valence-corrected chi connectivity index (χ1v) is 6.33. The molecule has 0 radical (unpaired) electrons. The molecule has 2 aromatic heterocycles. The summed E-state index contributed by atoms with van der Waals surface area (Å²) in [6, 6.07) is 10.3. The van der Waals surface area contributed by atoms with Crippen LogP contribution in [0.1, 0.15) is 11.5 Å². The van der Waals surface area contributed by atoms with Crippen molar-refractivity contribution in [1.82, 2.24) is 20.3 Å². The number of para-hydroxylation sites is 1. The van der Waals surface area contributed by atoms with E-state index in [-0.39, 0.29) is 0 Å². The van der Waals surface area contributed by atoms with Crippen molar-refractivity contribution in [2.24, 2.45) is 0 Å². The van der Waals surface area contributed by atoms with Crippen LogP contribution in [0.2, 0.25) is 0 Å². The van der Waals surface area contributed by atoms with E-state index in [9.17, 15) is 0 Å². The van der Waals surface area contributed by atoms with Gasteiger partial charge in [-0.25, -0.2) is 9.97 Å². The first-order valence-electron chi connectivity index (χ1n) is 6.33. The average Bonchev–Trinajstić information content (AvgIpc) is 2.82. The molecule has 0 aliphatic heterocycles. The first kappa shape index (κ1) is 11.9. The minimum atomic E-state index is 0.678. The molecule has 0 bridgehead atoms. The van der Waals surface area contributed by atoms with Gasteiger partial charge in [0.25, 0.3) is 0 Å². The lowest BCUT2D eigenvalue weighted by atomic mass is 10.1. The molecule has 3 aromatic rings. The van der Waals surface area contributed by atoms with Gasteiger partial charge in [-0.15, -0.1) is 0 Å². The number of hydrogen-bond acceptors (Lipinski definition) is 3. The van der Waals surface area contributed by atoms with Crippen LogP contribution in [0.25, 0.3) is 22.2 Å². The Morgan fingerprint density at radius 1 is 1.21 bits per heavy atom. The Bertz CT molecular complexity index is 715. The van der Waals surface area contributed by atoms with E-state index in [4.69, 9.17) is 0 Å². The lowest BCUT2D eigenvalue weighted by Gasteiger charge is -2.05. The molecule has 0 atom stereocenters. The van der Waals surface area contributed by atoms with Gasteiger partial charge in [0.15, 0.2) is 0 Å². The topological polar surface area (TPSA) is 53.6 Å². The van der Waals surface area contributed by atoms with Gasteiger partial charge in [-0.3, -0.25) is 0 Å². The Kier molecular flexibility index (Phi) is 3.01. The van der Waals surface area contributed by atoms with Crippen LogP contribution in [0.3, 0.4) is 0 Å². The molecule has 0 spiro atoms. The van der Waals surface area contributed by atoms with Crippen molar-refractivity contribution in [3.8, 4) is 11.3 Å². The maximum absolute atomic E-state index is 4.62. The number of nitrogens with one attached hydrogen (secondary N) is 2. The predicted molar refractivity (Wildman–Crippen MR) is 76.8 cm³/mol. The fraction of sp³-hybridized carbons (Fsp3) is 0.200. The van der Waals surface area contributed by atoms with E-state index >= 15 is 0 Å². The third-order valence-electron chi connectivity index (χ3n) is 3.10. The van der Waals surface area contributed by atoms with Crippen molar-refractivity contribution >= 4 is 10.9 Å². The average molecular weight is 252 g/mol. The molecule has 0 amide bonds. The van der Waals surface area contributed by atoms with Gasteiger partial charge < -0.3 is 10.3 Å². The number of nitrogens with zero attached hydrogens (tertiary/aromatic N) is 2. The zero-order valence-electron chi connectivity index (χ0n) is 11.1. The summed E-state index contributed by atoms with van der Waals surface area (Å²) in [4.78, 5) is 12.3. The fourth-order valence-corrected chi connectivity index (χ4v) is 2.29. The van der Waals surface area contributed by atoms with Gasteiger partial charge in [0, 0.05) is 28.4 Å². The van der Waals surface area contributed by atoms with E-state index < -0.39 is 0 Å². The molecule has 0 aliphatic rings. The molecular formula is C15H16N4. The Hall–Kier alpha value is -2.20. The summed E-state index contributed by atoms with van der Waals surface area (Å²) >= 11 is 0. The predicted octanol–water partition coefficient (Wildman–Crippen LogP) is 2.65. The van der Waals surface area contributed by atoms with Crippen LogP contribution >= 0.6 is 0 Å². The highest BCUT2D eigenvalue weighted by molar-refractivity contribution is 5.94. The molecule has 2 heterocycles. The second-order valence-electron chi connectivity index (χ2n) is 4.59. The van der Waals surface area contributed by atoms with E-state index in [1.165, 1.54) is 5.39 Å². The van der Waals surface area contributed by atoms with Crippen molar-refractivity contribution in [3.63, 3.8) is 0 Å². The smallest absolute Gasteiger partial charge is 0.143 e. The highest BCUT2D eigenvalue weighted by Gasteiger charge is 2.09. The molecule has 3 rings (SSSR count). The molecule has 1 aromatic carbocycles. The van der Waals surface area contributed by atoms with E-state index in [0.717, 1.165) is 28.3 Å². The van der Waals surface area contributed by atoms with E-state index in [1.54, 1.807) is 0 Å². The van der Waals surface area contributed by atoms with Gasteiger partial charge in [0.1, 0.15) is 5.82 Å². The molecule has 4 heteroatoms. The third-order valence-corrected chi connectivity index (χ3v) is 3.10. The van der Waals surface area contributed by atoms with Gasteiger partial charge in [-0.2, -0.15) is 0 Å². The number of H-pyrrole nitrogens is 1. The number of hydrogen-bond donors (Lipinski definition) is 2. The summed E-state index contributed by atoms with van der Waals surface area (Å²) in [6.45, 7) is 2.68. The Labute approximate surface area is 111 Å². The van der Waals surface area contributed by atoms with Crippen molar-refractivity contribution in [3.05, 3.63) is 48.0 Å². The number of aromatic nitrogens is 3. The first-order chi connectivity index (χ1) is 9.28. The quantitative estimate of drug-likeness (QED) is 0.753. The lowest BCUT2D eigenvalue weighted by molar-refractivity contribution is 0.754. The normalized spacial score (nSPS) is 11.1. The van der Waals surface area contributed by atoms with Crippen LogP contribution in [0.15, 0.2) is 36.5 Å². The van der Waals surface area contributed by atoms with Crippen LogP contribution in [-0.2, 0) is 6.54 Å². The molecular weight excluding hydrogens is 236 g/mol. The van der Waals surface area contributed by atoms with Crippen molar-refractivity contribution in [1.29, 1.82) is 0 Å². The number of rotatable bonds is 3. The maximum Gasteiger partial charge on any atom is 0.143 e. The minimum absolute atomic E-state index is 0.678. The second-order valence-corrected chi connectivity index (χ2v) is 4.59. The third kappa shape index (κ3) is 2.22. The molecule has 0 saturated carbocycles. The van der Waals surface area contributed by atoms with Gasteiger partial charge in [0.2, 0.25) is 0 Å². The van der Waals surface area contributed by atoms with Crippen LogP contribution in [0.5, 0.6) is 0 Å². The zero-order valence-corrected chi connectivity index (χ0v) is 11.1. The lowest BCUT2D eigenvalue weighted by Crippen LogP contribution is -2.10. The van der Waals surface area contributed by atoms with E-state index in [2.05, 4.69) is 32.4 Å². The molecule has 96 valence electrons. The van der Waals surface area contributed by atoms with Gasteiger partial charge in [0.05, 0.1) is 12.2 Å². The summed E-state index contributed by atoms with van der Waals surface area (Å²) in [5.74, 6) is 0.822. The second kappa shape index (κ2) is 4.82. The fourth-order valence-electron chi connectivity index (χ4n) is 2.29. The molecule has 0 fully saturated rings. The van der Waals surface area contributed by atoms with Crippen LogP contribution in [-0.4, -0.2) is 22.0 Å². The van der Waals surface area contributed by atoms with Crippen LogP contribution in [0.4, 0.5) is 0 Å². The van der Waals surface area contributed by atoms with Crippen LogP contribution < -0.4 is 5.32 Å². The molecule has 0 saturated heterocycles. The Morgan fingerprint density at radius 3 is 2.89 bits per heavy atom. The maximum atomic E-state index is 4.62. The van der Waals surface area contributed by atoms with Crippen molar-refractivity contribution in [2.75, 3.05) is 7.05 Å². The molecule has 0 aliphatic carbocycles. The minimum Gasteiger partial charge on any atom is -0.360 e. The monoisotopic (exact) mass is 252 g/mol. The van der Waals surface area contributed by atoms with Crippen molar-refractivity contribution in [2.45, 2.75) is 13.5 Å². The number of aromatic amines is 1. The summed E-state index contributed by atoms with van der Waals surface area (Å²) < 4.78 is 0. The van der Waals surface area contributed by atoms with E-state index in [0.29, 0.717) is 6.54 Å². The summed E-state index contributed by atoms with van der Waals surface area (Å²) in [5, 5.41) is 4.28. The Morgan fingerprint density at radius 2 is 2.05 bits per heavy atom. The van der Waals surface area contributed by atoms with Crippen molar-refractivity contribution < 1.29 is 0 Å². The standard InChI is InChI=1S/C15H16N4/c1-10-7-14(19-15(18-10)9-16-2)12-8-17-13-6-4-3-5-11(12)13/h3-8,16-17H,9H2,1-2H3. The number of benzene rings is 1. The molecule has 4 nitrogen and oxygen atoms in total. The molecule has 19 heavy (non-hydrogen) atoms.